The molecule has 1 rings (SSSR count). The predicted molar refractivity (Wildman–Crippen MR) is 64.0 cm³/mol. The Balaban J connectivity index is 2.29. The Bertz CT molecular complexity index is 174. The molecule has 0 aromatic carbocycles. The van der Waals surface area contributed by atoms with Crippen LogP contribution in [0.1, 0.15) is 40.0 Å². The maximum atomic E-state index is 10.3. The Kier molecular flexibility index (Phi) is 5.03. The summed E-state index contributed by atoms with van der Waals surface area (Å²) in [5.41, 5.74) is -0.616. The maximum absolute atomic E-state index is 10.3. The van der Waals surface area contributed by atoms with E-state index in [0.29, 0.717) is 12.5 Å². The van der Waals surface area contributed by atoms with Crippen molar-refractivity contribution in [3.63, 3.8) is 0 Å². The van der Waals surface area contributed by atoms with E-state index in [0.717, 1.165) is 19.5 Å². The van der Waals surface area contributed by atoms with Crippen molar-refractivity contribution in [3.05, 3.63) is 0 Å². The number of aliphatic hydroxyl groups is 1. The van der Waals surface area contributed by atoms with Crippen LogP contribution in [0.3, 0.4) is 0 Å². The third-order valence-electron chi connectivity index (χ3n) is 3.10. The number of rotatable bonds is 5. The Morgan fingerprint density at radius 2 is 2.20 bits per heavy atom. The molecule has 0 spiro atoms. The summed E-state index contributed by atoms with van der Waals surface area (Å²) in [7, 11) is 0. The SMILES string of the molecule is CC(C)CNCC(C)(O)C1CCCCN1. The van der Waals surface area contributed by atoms with Crippen molar-refractivity contribution in [1.82, 2.24) is 10.6 Å². The largest absolute Gasteiger partial charge is 0.387 e. The molecule has 1 saturated heterocycles. The first-order valence-corrected chi connectivity index (χ1v) is 6.19. The van der Waals surface area contributed by atoms with Crippen LogP contribution in [0.15, 0.2) is 0 Å². The van der Waals surface area contributed by atoms with E-state index in [1.54, 1.807) is 0 Å². The van der Waals surface area contributed by atoms with Gasteiger partial charge in [-0.1, -0.05) is 20.3 Å². The van der Waals surface area contributed by atoms with Crippen LogP contribution in [0.25, 0.3) is 0 Å². The molecule has 2 unspecified atom stereocenters. The van der Waals surface area contributed by atoms with Gasteiger partial charge in [0, 0.05) is 12.6 Å². The maximum Gasteiger partial charge on any atom is 0.0895 e. The van der Waals surface area contributed by atoms with Gasteiger partial charge in [0.25, 0.3) is 0 Å². The molecule has 0 aromatic heterocycles. The normalized spacial score (nSPS) is 26.6. The van der Waals surface area contributed by atoms with Gasteiger partial charge in [-0.05, 0) is 38.8 Å². The van der Waals surface area contributed by atoms with Crippen molar-refractivity contribution in [3.8, 4) is 0 Å². The summed E-state index contributed by atoms with van der Waals surface area (Å²) in [6, 6.07) is 0.255. The van der Waals surface area contributed by atoms with Crippen molar-refractivity contribution < 1.29 is 5.11 Å². The summed E-state index contributed by atoms with van der Waals surface area (Å²) < 4.78 is 0. The number of nitrogens with one attached hydrogen (secondary N) is 2. The van der Waals surface area contributed by atoms with Crippen LogP contribution < -0.4 is 10.6 Å². The second kappa shape index (κ2) is 5.83. The average molecular weight is 214 g/mol. The smallest absolute Gasteiger partial charge is 0.0895 e. The lowest BCUT2D eigenvalue weighted by Gasteiger charge is -2.36. The molecule has 3 N–H and O–H groups in total. The van der Waals surface area contributed by atoms with Crippen LogP contribution in [0, 0.1) is 5.92 Å². The molecule has 1 heterocycles. The van der Waals surface area contributed by atoms with Crippen molar-refractivity contribution >= 4 is 0 Å². The summed E-state index contributed by atoms with van der Waals surface area (Å²) in [5.74, 6) is 0.639. The molecule has 0 aliphatic carbocycles. The van der Waals surface area contributed by atoms with Gasteiger partial charge in [-0.15, -0.1) is 0 Å². The Morgan fingerprint density at radius 3 is 2.73 bits per heavy atom. The summed E-state index contributed by atoms with van der Waals surface area (Å²) in [4.78, 5) is 0. The molecule has 0 aromatic rings. The van der Waals surface area contributed by atoms with Gasteiger partial charge in [0.15, 0.2) is 0 Å². The molecule has 3 heteroatoms. The van der Waals surface area contributed by atoms with Gasteiger partial charge in [0.05, 0.1) is 5.60 Å². The van der Waals surface area contributed by atoms with E-state index in [2.05, 4.69) is 24.5 Å². The van der Waals surface area contributed by atoms with E-state index in [4.69, 9.17) is 0 Å². The zero-order valence-electron chi connectivity index (χ0n) is 10.3. The molecule has 0 bridgehead atoms. The van der Waals surface area contributed by atoms with Crippen molar-refractivity contribution in [2.75, 3.05) is 19.6 Å². The summed E-state index contributed by atoms with van der Waals surface area (Å²) >= 11 is 0. The van der Waals surface area contributed by atoms with Crippen molar-refractivity contribution in [2.45, 2.75) is 51.7 Å². The van der Waals surface area contributed by atoms with E-state index in [9.17, 15) is 5.11 Å². The Labute approximate surface area is 93.6 Å². The van der Waals surface area contributed by atoms with Gasteiger partial charge in [-0.2, -0.15) is 0 Å². The molecule has 1 aliphatic heterocycles. The molecule has 0 saturated carbocycles. The van der Waals surface area contributed by atoms with Crippen LogP contribution in [-0.2, 0) is 0 Å². The first-order valence-electron chi connectivity index (χ1n) is 6.19. The van der Waals surface area contributed by atoms with E-state index < -0.39 is 5.60 Å². The lowest BCUT2D eigenvalue weighted by atomic mass is 9.89. The molecule has 1 fully saturated rings. The van der Waals surface area contributed by atoms with Crippen LogP contribution in [0.5, 0.6) is 0 Å². The van der Waals surface area contributed by atoms with Gasteiger partial charge in [-0.25, -0.2) is 0 Å². The number of piperidine rings is 1. The van der Waals surface area contributed by atoms with Gasteiger partial charge >= 0.3 is 0 Å². The highest BCUT2D eigenvalue weighted by Crippen LogP contribution is 2.18. The highest BCUT2D eigenvalue weighted by atomic mass is 16.3. The Hall–Kier alpha value is -0.120. The van der Waals surface area contributed by atoms with E-state index in [1.807, 2.05) is 6.92 Å². The predicted octanol–water partition coefficient (Wildman–Crippen LogP) is 1.13. The lowest BCUT2D eigenvalue weighted by molar-refractivity contribution is 0.0104. The molecule has 1 aliphatic rings. The molecule has 2 atom stereocenters. The fraction of sp³-hybridized carbons (Fsp3) is 1.00. The highest BCUT2D eigenvalue weighted by molar-refractivity contribution is 4.91. The molecular formula is C12H26N2O. The van der Waals surface area contributed by atoms with Gasteiger partial charge in [-0.3, -0.25) is 0 Å². The Morgan fingerprint density at radius 1 is 1.47 bits per heavy atom. The number of hydrogen-bond acceptors (Lipinski definition) is 3. The summed E-state index contributed by atoms with van der Waals surface area (Å²) in [5, 5.41) is 17.1. The van der Waals surface area contributed by atoms with Crippen LogP contribution >= 0.6 is 0 Å². The van der Waals surface area contributed by atoms with E-state index in [1.165, 1.54) is 12.8 Å². The van der Waals surface area contributed by atoms with Crippen LogP contribution in [0.2, 0.25) is 0 Å². The topological polar surface area (TPSA) is 44.3 Å². The molecule has 0 radical (unpaired) electrons. The van der Waals surface area contributed by atoms with Crippen LogP contribution in [0.4, 0.5) is 0 Å². The zero-order chi connectivity index (χ0) is 11.3. The standard InChI is InChI=1S/C12H26N2O/c1-10(2)8-13-9-12(3,15)11-6-4-5-7-14-11/h10-11,13-15H,4-9H2,1-3H3. The minimum atomic E-state index is -0.616. The summed E-state index contributed by atoms with van der Waals surface area (Å²) in [6.45, 7) is 9.00. The van der Waals surface area contributed by atoms with Gasteiger partial charge < -0.3 is 15.7 Å². The summed E-state index contributed by atoms with van der Waals surface area (Å²) in [6.07, 6.45) is 3.57. The monoisotopic (exact) mass is 214 g/mol. The van der Waals surface area contributed by atoms with E-state index in [-0.39, 0.29) is 6.04 Å². The quantitative estimate of drug-likeness (QED) is 0.643. The van der Waals surface area contributed by atoms with E-state index >= 15 is 0 Å². The number of hydrogen-bond donors (Lipinski definition) is 3. The van der Waals surface area contributed by atoms with Gasteiger partial charge in [0.1, 0.15) is 0 Å². The average Bonchev–Trinajstić information content (AvgIpc) is 2.18. The first kappa shape index (κ1) is 12.9. The molecular weight excluding hydrogens is 188 g/mol. The van der Waals surface area contributed by atoms with Crippen LogP contribution in [-0.4, -0.2) is 36.4 Å². The first-order chi connectivity index (χ1) is 7.02. The fourth-order valence-corrected chi connectivity index (χ4v) is 2.12. The fourth-order valence-electron chi connectivity index (χ4n) is 2.12. The molecule has 3 nitrogen and oxygen atoms in total. The second-order valence-corrected chi connectivity index (χ2v) is 5.38. The molecule has 0 amide bonds. The van der Waals surface area contributed by atoms with Gasteiger partial charge in [0.2, 0.25) is 0 Å². The third kappa shape index (κ3) is 4.49. The highest BCUT2D eigenvalue weighted by Gasteiger charge is 2.32. The minimum absolute atomic E-state index is 0.255. The lowest BCUT2D eigenvalue weighted by Crippen LogP contribution is -2.56. The van der Waals surface area contributed by atoms with Crippen molar-refractivity contribution in [1.29, 1.82) is 0 Å². The minimum Gasteiger partial charge on any atom is -0.387 e. The molecule has 90 valence electrons. The third-order valence-corrected chi connectivity index (χ3v) is 3.10. The second-order valence-electron chi connectivity index (χ2n) is 5.38. The van der Waals surface area contributed by atoms with Crippen molar-refractivity contribution in [2.24, 2.45) is 5.92 Å². The zero-order valence-corrected chi connectivity index (χ0v) is 10.3. The molecule has 15 heavy (non-hydrogen) atoms.